The fourth-order valence-electron chi connectivity index (χ4n) is 2.04. The molecule has 0 atom stereocenters. The minimum Gasteiger partial charge on any atom is -0.495 e. The highest BCUT2D eigenvalue weighted by Crippen LogP contribution is 2.34. The molecule has 0 bridgehead atoms. The topological polar surface area (TPSA) is 54.1 Å². The first-order chi connectivity index (χ1) is 9.17. The summed E-state index contributed by atoms with van der Waals surface area (Å²) >= 11 is 6.32. The highest BCUT2D eigenvalue weighted by molar-refractivity contribution is 6.37. The van der Waals surface area contributed by atoms with Crippen molar-refractivity contribution < 1.29 is 9.53 Å². The van der Waals surface area contributed by atoms with Crippen LogP contribution in [0.5, 0.6) is 5.75 Å². The number of aromatic amines is 1. The van der Waals surface area contributed by atoms with Gasteiger partial charge in [-0.3, -0.25) is 4.79 Å². The van der Waals surface area contributed by atoms with Crippen molar-refractivity contribution in [2.45, 2.75) is 19.8 Å². The first-order valence-corrected chi connectivity index (χ1v) is 6.64. The van der Waals surface area contributed by atoms with Crippen LogP contribution in [-0.4, -0.2) is 24.5 Å². The number of benzene rings is 1. The fraction of sp³-hybridized carbons (Fsp3) is 0.357. The number of hydrogen-bond acceptors (Lipinski definition) is 2. The number of methoxy groups -OCH3 is 1. The number of nitrogens with one attached hydrogen (secondary N) is 2. The van der Waals surface area contributed by atoms with Crippen LogP contribution in [0, 0.1) is 0 Å². The van der Waals surface area contributed by atoms with E-state index in [0.717, 1.165) is 22.9 Å². The number of hydrogen-bond donors (Lipinski definition) is 2. The number of carbonyl (C=O) groups excluding carboxylic acids is 1. The van der Waals surface area contributed by atoms with E-state index in [-0.39, 0.29) is 5.91 Å². The van der Waals surface area contributed by atoms with Crippen LogP contribution in [0.3, 0.4) is 0 Å². The van der Waals surface area contributed by atoms with E-state index in [9.17, 15) is 4.79 Å². The molecule has 0 spiro atoms. The Hall–Kier alpha value is -1.68. The lowest BCUT2D eigenvalue weighted by atomic mass is 10.1. The van der Waals surface area contributed by atoms with Crippen LogP contribution in [0.15, 0.2) is 18.3 Å². The Kier molecular flexibility index (Phi) is 4.32. The van der Waals surface area contributed by atoms with Crippen LogP contribution in [0.2, 0.25) is 5.02 Å². The number of amides is 1. The lowest BCUT2D eigenvalue weighted by molar-refractivity contribution is -0.120. The molecule has 1 amide bonds. The summed E-state index contributed by atoms with van der Waals surface area (Å²) in [4.78, 5) is 14.4. The average molecular weight is 281 g/mol. The lowest BCUT2D eigenvalue weighted by Gasteiger charge is -2.06. The van der Waals surface area contributed by atoms with Crippen molar-refractivity contribution in [1.29, 1.82) is 0 Å². The van der Waals surface area contributed by atoms with Gasteiger partial charge in [0.05, 0.1) is 12.1 Å². The van der Waals surface area contributed by atoms with Gasteiger partial charge in [-0.2, -0.15) is 0 Å². The number of aromatic nitrogens is 1. The van der Waals surface area contributed by atoms with Gasteiger partial charge in [0.15, 0.2) is 0 Å². The monoisotopic (exact) mass is 280 g/mol. The molecule has 0 aliphatic heterocycles. The van der Waals surface area contributed by atoms with Gasteiger partial charge in [0.25, 0.3) is 0 Å². The second-order valence-corrected chi connectivity index (χ2v) is 4.65. The van der Waals surface area contributed by atoms with E-state index in [2.05, 4.69) is 10.3 Å². The standard InChI is InChI=1S/C14H17ClN2O2/c1-3-12(18)16-7-6-9-8-17-10-4-5-11(19-2)14(15)13(9)10/h4-5,8,17H,3,6-7H2,1-2H3,(H,16,18). The summed E-state index contributed by atoms with van der Waals surface area (Å²) in [5.41, 5.74) is 2.05. The van der Waals surface area contributed by atoms with E-state index >= 15 is 0 Å². The first kappa shape index (κ1) is 13.7. The van der Waals surface area contributed by atoms with E-state index < -0.39 is 0 Å². The van der Waals surface area contributed by atoms with Crippen molar-refractivity contribution in [2.24, 2.45) is 0 Å². The predicted octanol–water partition coefficient (Wildman–Crippen LogP) is 2.90. The SMILES string of the molecule is CCC(=O)NCCc1c[nH]c2ccc(OC)c(Cl)c12. The fourth-order valence-corrected chi connectivity index (χ4v) is 2.41. The van der Waals surface area contributed by atoms with Crippen molar-refractivity contribution in [3.05, 3.63) is 28.9 Å². The minimum absolute atomic E-state index is 0.0588. The van der Waals surface area contributed by atoms with E-state index in [0.29, 0.717) is 23.7 Å². The average Bonchev–Trinajstić information content (AvgIpc) is 2.83. The Bertz CT molecular complexity index is 592. The molecule has 1 aromatic carbocycles. The highest BCUT2D eigenvalue weighted by atomic mass is 35.5. The molecule has 2 rings (SSSR count). The molecule has 0 aliphatic rings. The Morgan fingerprint density at radius 1 is 1.47 bits per heavy atom. The van der Waals surface area contributed by atoms with Gasteiger partial charge in [-0.05, 0) is 24.1 Å². The quantitative estimate of drug-likeness (QED) is 0.885. The van der Waals surface area contributed by atoms with Crippen LogP contribution in [0.1, 0.15) is 18.9 Å². The van der Waals surface area contributed by atoms with Crippen molar-refractivity contribution in [3.8, 4) is 5.75 Å². The third kappa shape index (κ3) is 2.84. The third-order valence-electron chi connectivity index (χ3n) is 3.09. The molecule has 0 saturated heterocycles. The van der Waals surface area contributed by atoms with E-state index in [1.807, 2.05) is 25.3 Å². The molecule has 0 aliphatic carbocycles. The van der Waals surface area contributed by atoms with Crippen LogP contribution in [-0.2, 0) is 11.2 Å². The zero-order chi connectivity index (χ0) is 13.8. The number of H-pyrrole nitrogens is 1. The zero-order valence-electron chi connectivity index (χ0n) is 11.0. The lowest BCUT2D eigenvalue weighted by Crippen LogP contribution is -2.24. The summed E-state index contributed by atoms with van der Waals surface area (Å²) in [6.45, 7) is 2.44. The Morgan fingerprint density at radius 3 is 2.95 bits per heavy atom. The van der Waals surface area contributed by atoms with Gasteiger partial charge in [0, 0.05) is 30.1 Å². The predicted molar refractivity (Wildman–Crippen MR) is 76.9 cm³/mol. The van der Waals surface area contributed by atoms with Gasteiger partial charge in [-0.25, -0.2) is 0 Å². The Morgan fingerprint density at radius 2 is 2.26 bits per heavy atom. The van der Waals surface area contributed by atoms with Gasteiger partial charge < -0.3 is 15.0 Å². The number of halogens is 1. The molecule has 0 fully saturated rings. The minimum atomic E-state index is 0.0588. The molecule has 1 heterocycles. The molecule has 1 aromatic heterocycles. The molecular formula is C14H17ClN2O2. The number of ether oxygens (including phenoxy) is 1. The van der Waals surface area contributed by atoms with E-state index in [4.69, 9.17) is 16.3 Å². The molecule has 19 heavy (non-hydrogen) atoms. The first-order valence-electron chi connectivity index (χ1n) is 6.26. The highest BCUT2D eigenvalue weighted by Gasteiger charge is 2.11. The summed E-state index contributed by atoms with van der Waals surface area (Å²) in [6.07, 6.45) is 3.16. The van der Waals surface area contributed by atoms with Gasteiger partial charge in [-0.15, -0.1) is 0 Å². The van der Waals surface area contributed by atoms with Crippen LogP contribution in [0.4, 0.5) is 0 Å². The molecule has 5 heteroatoms. The normalized spacial score (nSPS) is 10.7. The molecule has 102 valence electrons. The summed E-state index contributed by atoms with van der Waals surface area (Å²) < 4.78 is 5.22. The molecule has 2 N–H and O–H groups in total. The van der Waals surface area contributed by atoms with Crippen molar-refractivity contribution in [3.63, 3.8) is 0 Å². The summed E-state index contributed by atoms with van der Waals surface area (Å²) in [6, 6.07) is 3.78. The second-order valence-electron chi connectivity index (χ2n) is 4.27. The maximum atomic E-state index is 11.2. The van der Waals surface area contributed by atoms with Gasteiger partial charge in [0.1, 0.15) is 5.75 Å². The summed E-state index contributed by atoms with van der Waals surface area (Å²) in [7, 11) is 1.60. The molecule has 0 radical (unpaired) electrons. The summed E-state index contributed by atoms with van der Waals surface area (Å²) in [5.74, 6) is 0.719. The third-order valence-corrected chi connectivity index (χ3v) is 3.46. The molecule has 4 nitrogen and oxygen atoms in total. The zero-order valence-corrected chi connectivity index (χ0v) is 11.8. The van der Waals surface area contributed by atoms with Crippen molar-refractivity contribution in [1.82, 2.24) is 10.3 Å². The maximum absolute atomic E-state index is 11.2. The van der Waals surface area contributed by atoms with Gasteiger partial charge in [0.2, 0.25) is 5.91 Å². The van der Waals surface area contributed by atoms with Crippen LogP contribution >= 0.6 is 11.6 Å². The number of rotatable bonds is 5. The Balaban J connectivity index is 2.21. The molecular weight excluding hydrogens is 264 g/mol. The number of carbonyl (C=O) groups is 1. The van der Waals surface area contributed by atoms with Crippen LogP contribution in [0.25, 0.3) is 10.9 Å². The van der Waals surface area contributed by atoms with Crippen molar-refractivity contribution >= 4 is 28.4 Å². The van der Waals surface area contributed by atoms with Gasteiger partial charge >= 0.3 is 0 Å². The van der Waals surface area contributed by atoms with E-state index in [1.165, 1.54) is 0 Å². The van der Waals surface area contributed by atoms with Gasteiger partial charge in [-0.1, -0.05) is 18.5 Å². The van der Waals surface area contributed by atoms with E-state index in [1.54, 1.807) is 7.11 Å². The smallest absolute Gasteiger partial charge is 0.219 e. The molecule has 0 unspecified atom stereocenters. The largest absolute Gasteiger partial charge is 0.495 e. The second kappa shape index (κ2) is 5.97. The summed E-state index contributed by atoms with van der Waals surface area (Å²) in [5, 5.41) is 4.43. The van der Waals surface area contributed by atoms with Crippen LogP contribution < -0.4 is 10.1 Å². The maximum Gasteiger partial charge on any atom is 0.219 e. The van der Waals surface area contributed by atoms with Crippen molar-refractivity contribution in [2.75, 3.05) is 13.7 Å². The molecule has 2 aromatic rings. The molecule has 0 saturated carbocycles. The number of fused-ring (bicyclic) bond motifs is 1. The Labute approximate surface area is 117 Å².